The van der Waals surface area contributed by atoms with E-state index in [0.717, 1.165) is 42.8 Å². The molecular weight excluding hydrogens is 377 g/mol. The molecule has 1 fully saturated rings. The minimum absolute atomic E-state index is 0.235. The topological polar surface area (TPSA) is 56.9 Å². The number of piperidine rings is 1. The van der Waals surface area contributed by atoms with Crippen LogP contribution in [0.15, 0.2) is 42.5 Å². The second kappa shape index (κ2) is 7.50. The predicted molar refractivity (Wildman–Crippen MR) is 114 cm³/mol. The highest BCUT2D eigenvalue weighted by Gasteiger charge is 2.39. The van der Waals surface area contributed by atoms with Gasteiger partial charge in [-0.3, -0.25) is 9.58 Å². The van der Waals surface area contributed by atoms with Gasteiger partial charge in [-0.1, -0.05) is 30.3 Å². The third-order valence-corrected chi connectivity index (χ3v) is 6.73. The second-order valence-corrected chi connectivity index (χ2v) is 8.68. The van der Waals surface area contributed by atoms with Crippen molar-refractivity contribution in [2.24, 2.45) is 0 Å². The Morgan fingerprint density at radius 3 is 2.73 bits per heavy atom. The number of rotatable bonds is 3. The number of halogens is 1. The number of aromatic nitrogens is 2. The van der Waals surface area contributed by atoms with Crippen LogP contribution in [0.3, 0.4) is 0 Å². The van der Waals surface area contributed by atoms with Crippen molar-refractivity contribution >= 4 is 10.9 Å². The van der Waals surface area contributed by atoms with Crippen LogP contribution in [0.1, 0.15) is 42.6 Å². The van der Waals surface area contributed by atoms with E-state index in [0.29, 0.717) is 24.9 Å². The van der Waals surface area contributed by atoms with Crippen LogP contribution in [0.4, 0.5) is 4.39 Å². The maximum Gasteiger partial charge on any atom is 0.128 e. The number of nitrogens with zero attached hydrogens (tertiary/aromatic N) is 4. The zero-order valence-electron chi connectivity index (χ0n) is 17.2. The third kappa shape index (κ3) is 3.19. The van der Waals surface area contributed by atoms with E-state index in [1.165, 1.54) is 5.56 Å². The Hall–Kier alpha value is -2.75. The Morgan fingerprint density at radius 1 is 1.23 bits per heavy atom. The van der Waals surface area contributed by atoms with Crippen molar-refractivity contribution in [3.8, 4) is 6.07 Å². The standard InChI is InChI=1S/C24H26FN5/c1-17-13-27-14-23-19-11-21(25)20(12-22(19)28-30(17)23)24(16-26)7-9-29(10-8-24)15-18-5-3-2-4-6-18/h2-6,11-12,17,27H,7-10,13-15H2,1H3/t17-/m1/s1. The highest BCUT2D eigenvalue weighted by molar-refractivity contribution is 5.83. The van der Waals surface area contributed by atoms with Crippen LogP contribution in [-0.2, 0) is 18.5 Å². The lowest BCUT2D eigenvalue weighted by molar-refractivity contribution is 0.177. The molecule has 1 aromatic heterocycles. The van der Waals surface area contributed by atoms with Crippen molar-refractivity contribution in [3.63, 3.8) is 0 Å². The molecule has 3 aromatic rings. The zero-order chi connectivity index (χ0) is 20.7. The SMILES string of the molecule is C[C@@H]1CNCc2c3cc(F)c(C4(C#N)CCN(Cc5ccccc5)CC4)cc3nn21. The van der Waals surface area contributed by atoms with Crippen LogP contribution in [-0.4, -0.2) is 34.3 Å². The number of nitrogens with one attached hydrogen (secondary N) is 1. The molecule has 0 saturated carbocycles. The van der Waals surface area contributed by atoms with Crippen molar-refractivity contribution in [1.29, 1.82) is 5.26 Å². The maximum atomic E-state index is 15.3. The fraction of sp³-hybridized carbons (Fsp3) is 0.417. The number of hydrogen-bond acceptors (Lipinski definition) is 4. The Bertz CT molecular complexity index is 1110. The predicted octanol–water partition coefficient (Wildman–Crippen LogP) is 3.90. The maximum absolute atomic E-state index is 15.3. The smallest absolute Gasteiger partial charge is 0.128 e. The van der Waals surface area contributed by atoms with E-state index in [1.54, 1.807) is 6.07 Å². The molecule has 1 N–H and O–H groups in total. The van der Waals surface area contributed by atoms with Gasteiger partial charge in [0.1, 0.15) is 5.82 Å². The van der Waals surface area contributed by atoms with Crippen molar-refractivity contribution in [2.45, 2.75) is 44.3 Å². The Labute approximate surface area is 176 Å². The van der Waals surface area contributed by atoms with Crippen LogP contribution >= 0.6 is 0 Å². The second-order valence-electron chi connectivity index (χ2n) is 8.68. The van der Waals surface area contributed by atoms with Gasteiger partial charge in [-0.25, -0.2) is 4.39 Å². The molecule has 0 aliphatic carbocycles. The van der Waals surface area contributed by atoms with Crippen LogP contribution in [0.25, 0.3) is 10.9 Å². The summed E-state index contributed by atoms with van der Waals surface area (Å²) in [5.74, 6) is -0.283. The average molecular weight is 404 g/mol. The van der Waals surface area contributed by atoms with Gasteiger partial charge in [-0.05, 0) is 37.5 Å². The summed E-state index contributed by atoms with van der Waals surface area (Å²) in [6, 6.07) is 16.5. The fourth-order valence-electron chi connectivity index (χ4n) is 4.94. The van der Waals surface area contributed by atoms with Gasteiger partial charge in [0.25, 0.3) is 0 Å². The minimum Gasteiger partial charge on any atom is -0.309 e. The number of nitriles is 1. The molecule has 2 aliphatic heterocycles. The quantitative estimate of drug-likeness (QED) is 0.721. The first-order chi connectivity index (χ1) is 14.6. The van der Waals surface area contributed by atoms with Crippen LogP contribution in [0, 0.1) is 17.1 Å². The Kier molecular flexibility index (Phi) is 4.80. The van der Waals surface area contributed by atoms with Crippen molar-refractivity contribution < 1.29 is 4.39 Å². The van der Waals surface area contributed by atoms with Gasteiger partial charge in [0, 0.05) is 43.7 Å². The highest BCUT2D eigenvalue weighted by atomic mass is 19.1. The molecule has 3 heterocycles. The number of fused-ring (bicyclic) bond motifs is 3. The number of hydrogen-bond donors (Lipinski definition) is 1. The molecule has 5 rings (SSSR count). The summed E-state index contributed by atoms with van der Waals surface area (Å²) in [6.07, 6.45) is 1.26. The van der Waals surface area contributed by atoms with Gasteiger partial charge in [0.05, 0.1) is 28.7 Å². The van der Waals surface area contributed by atoms with Gasteiger partial charge >= 0.3 is 0 Å². The van der Waals surface area contributed by atoms with Crippen molar-refractivity contribution in [3.05, 3.63) is 65.1 Å². The van der Waals surface area contributed by atoms with E-state index in [4.69, 9.17) is 5.10 Å². The van der Waals surface area contributed by atoms with E-state index in [-0.39, 0.29) is 11.9 Å². The lowest BCUT2D eigenvalue weighted by Gasteiger charge is -2.37. The molecule has 0 unspecified atom stereocenters. The molecule has 0 bridgehead atoms. The summed E-state index contributed by atoms with van der Waals surface area (Å²) in [6.45, 7) is 6.08. The lowest BCUT2D eigenvalue weighted by atomic mass is 9.73. The number of benzene rings is 2. The van der Waals surface area contributed by atoms with Crippen LogP contribution in [0.2, 0.25) is 0 Å². The molecule has 2 aromatic carbocycles. The van der Waals surface area contributed by atoms with Crippen molar-refractivity contribution in [1.82, 2.24) is 20.0 Å². The molecule has 0 spiro atoms. The van der Waals surface area contributed by atoms with Crippen LogP contribution in [0.5, 0.6) is 0 Å². The van der Waals surface area contributed by atoms with Gasteiger partial charge in [0.2, 0.25) is 0 Å². The Morgan fingerprint density at radius 2 is 2.00 bits per heavy atom. The fourth-order valence-corrected chi connectivity index (χ4v) is 4.94. The summed E-state index contributed by atoms with van der Waals surface area (Å²) < 4.78 is 17.3. The summed E-state index contributed by atoms with van der Waals surface area (Å²) in [7, 11) is 0. The molecule has 5 nitrogen and oxygen atoms in total. The summed E-state index contributed by atoms with van der Waals surface area (Å²) in [5, 5.41) is 19.1. The van der Waals surface area contributed by atoms with E-state index in [1.807, 2.05) is 28.9 Å². The van der Waals surface area contributed by atoms with E-state index in [2.05, 4.69) is 35.3 Å². The van der Waals surface area contributed by atoms with Gasteiger partial charge in [-0.15, -0.1) is 0 Å². The molecule has 0 amide bonds. The monoisotopic (exact) mass is 403 g/mol. The molecule has 0 radical (unpaired) electrons. The van der Waals surface area contributed by atoms with Gasteiger partial charge in [0.15, 0.2) is 0 Å². The molecule has 1 saturated heterocycles. The summed E-state index contributed by atoms with van der Waals surface area (Å²) in [4.78, 5) is 2.35. The molecule has 1 atom stereocenters. The third-order valence-electron chi connectivity index (χ3n) is 6.73. The first-order valence-electron chi connectivity index (χ1n) is 10.7. The first-order valence-corrected chi connectivity index (χ1v) is 10.7. The van der Waals surface area contributed by atoms with E-state index in [9.17, 15) is 5.26 Å². The lowest BCUT2D eigenvalue weighted by Crippen LogP contribution is -2.42. The van der Waals surface area contributed by atoms with E-state index < -0.39 is 5.41 Å². The summed E-state index contributed by atoms with van der Waals surface area (Å²) in [5.41, 5.74) is 2.80. The van der Waals surface area contributed by atoms with Gasteiger partial charge < -0.3 is 5.32 Å². The largest absolute Gasteiger partial charge is 0.309 e. The molecular formula is C24H26FN5. The normalized spacial score (nSPS) is 21.3. The summed E-state index contributed by atoms with van der Waals surface area (Å²) >= 11 is 0. The minimum atomic E-state index is -0.792. The molecule has 154 valence electrons. The highest BCUT2D eigenvalue weighted by Crippen LogP contribution is 2.39. The molecule has 2 aliphatic rings. The average Bonchev–Trinajstić information content (AvgIpc) is 3.14. The zero-order valence-corrected chi connectivity index (χ0v) is 17.2. The van der Waals surface area contributed by atoms with Crippen molar-refractivity contribution in [2.75, 3.05) is 19.6 Å². The molecule has 6 heteroatoms. The first kappa shape index (κ1) is 19.2. The number of likely N-dealkylation sites (tertiary alicyclic amines) is 1. The van der Waals surface area contributed by atoms with Gasteiger partial charge in [-0.2, -0.15) is 10.4 Å². The Balaban J connectivity index is 1.44. The van der Waals surface area contributed by atoms with Crippen LogP contribution < -0.4 is 5.32 Å². The van der Waals surface area contributed by atoms with E-state index >= 15 is 4.39 Å². The molecule has 30 heavy (non-hydrogen) atoms.